The van der Waals surface area contributed by atoms with Crippen molar-refractivity contribution in [1.82, 2.24) is 14.8 Å². The van der Waals surface area contributed by atoms with Crippen LogP contribution < -0.4 is 14.8 Å². The summed E-state index contributed by atoms with van der Waals surface area (Å²) in [6.07, 6.45) is 0. The number of carbonyl (C=O) groups excluding carboxylic acids is 2. The van der Waals surface area contributed by atoms with Crippen molar-refractivity contribution in [2.75, 3.05) is 25.3 Å². The first-order valence-corrected chi connectivity index (χ1v) is 13.5. The molecule has 0 unspecified atom stereocenters. The number of hydrogen-bond donors (Lipinski definition) is 1. The lowest BCUT2D eigenvalue weighted by atomic mass is 10.0. The van der Waals surface area contributed by atoms with Crippen LogP contribution in [0.25, 0.3) is 11.1 Å². The molecule has 4 rings (SSSR count). The minimum atomic E-state index is -0.526. The first-order chi connectivity index (χ1) is 18.3. The summed E-state index contributed by atoms with van der Waals surface area (Å²) in [5, 5.41) is 14.1. The van der Waals surface area contributed by atoms with Crippen LogP contribution in [-0.2, 0) is 23.2 Å². The van der Waals surface area contributed by atoms with Crippen molar-refractivity contribution in [2.45, 2.75) is 25.6 Å². The molecule has 0 aliphatic heterocycles. The predicted octanol–water partition coefficient (Wildman–Crippen LogP) is 5.27. The summed E-state index contributed by atoms with van der Waals surface area (Å²) in [6, 6.07) is 13.2. The Morgan fingerprint density at radius 1 is 1.08 bits per heavy atom. The van der Waals surface area contributed by atoms with Crippen molar-refractivity contribution in [3.8, 4) is 22.6 Å². The third kappa shape index (κ3) is 6.00. The molecule has 0 aliphatic carbocycles. The fourth-order valence-corrected chi connectivity index (χ4v) is 5.35. The van der Waals surface area contributed by atoms with Gasteiger partial charge in [-0.05, 0) is 48.7 Å². The Morgan fingerprint density at radius 2 is 1.84 bits per heavy atom. The summed E-state index contributed by atoms with van der Waals surface area (Å²) in [4.78, 5) is 25.4. The summed E-state index contributed by atoms with van der Waals surface area (Å²) in [7, 11) is 4.74. The Kier molecular flexibility index (Phi) is 8.70. The first-order valence-electron chi connectivity index (χ1n) is 11.7. The molecule has 2 heterocycles. The lowest BCUT2D eigenvalue weighted by Crippen LogP contribution is -2.16. The Hall–Kier alpha value is -3.83. The molecule has 9 nitrogen and oxygen atoms in total. The highest BCUT2D eigenvalue weighted by Crippen LogP contribution is 2.37. The Balaban J connectivity index is 1.41. The van der Waals surface area contributed by atoms with E-state index in [1.807, 2.05) is 68.7 Å². The van der Waals surface area contributed by atoms with Gasteiger partial charge in [-0.15, -0.1) is 21.5 Å². The molecular formula is C27H28N4O5S2. The summed E-state index contributed by atoms with van der Waals surface area (Å²) in [5.41, 5.74) is 4.03. The maximum atomic E-state index is 12.8. The van der Waals surface area contributed by atoms with Gasteiger partial charge in [0.05, 0.1) is 20.0 Å². The van der Waals surface area contributed by atoms with Gasteiger partial charge in [0.1, 0.15) is 28.7 Å². The van der Waals surface area contributed by atoms with Crippen LogP contribution in [0.3, 0.4) is 0 Å². The van der Waals surface area contributed by atoms with Gasteiger partial charge in [-0.2, -0.15) is 0 Å². The average Bonchev–Trinajstić information content (AvgIpc) is 3.50. The van der Waals surface area contributed by atoms with Crippen molar-refractivity contribution < 1.29 is 23.8 Å². The number of nitrogens with zero attached hydrogens (tertiary/aromatic N) is 3. The summed E-state index contributed by atoms with van der Waals surface area (Å²) in [5.74, 6) is 1.43. The Morgan fingerprint density at radius 3 is 2.55 bits per heavy atom. The van der Waals surface area contributed by atoms with Gasteiger partial charge in [0.2, 0.25) is 5.91 Å². The molecule has 1 N–H and O–H groups in total. The molecule has 11 heteroatoms. The van der Waals surface area contributed by atoms with E-state index in [-0.39, 0.29) is 18.3 Å². The molecular weight excluding hydrogens is 524 g/mol. The molecule has 4 aromatic rings. The molecule has 38 heavy (non-hydrogen) atoms. The van der Waals surface area contributed by atoms with Gasteiger partial charge in [-0.3, -0.25) is 4.79 Å². The standard InChI is InChI=1S/C27H28N4O5S2/c1-16-7-6-8-21(17(16)2)36-13-22-29-30-27(31(22)3)38-15-23(32)28-25-24(26(33)35-5)20(14-37-25)18-9-11-19(34-4)12-10-18/h6-12,14H,13,15H2,1-5H3,(H,28,32). The highest BCUT2D eigenvalue weighted by atomic mass is 32.2. The van der Waals surface area contributed by atoms with Crippen LogP contribution in [0.5, 0.6) is 11.5 Å². The van der Waals surface area contributed by atoms with Crippen molar-refractivity contribution in [3.05, 3.63) is 70.4 Å². The number of aromatic nitrogens is 3. The largest absolute Gasteiger partial charge is 0.497 e. The monoisotopic (exact) mass is 552 g/mol. The minimum absolute atomic E-state index is 0.0835. The molecule has 0 radical (unpaired) electrons. The zero-order valence-electron chi connectivity index (χ0n) is 21.7. The third-order valence-electron chi connectivity index (χ3n) is 6.00. The van der Waals surface area contributed by atoms with Crippen molar-refractivity contribution in [3.63, 3.8) is 0 Å². The van der Waals surface area contributed by atoms with Gasteiger partial charge in [-0.1, -0.05) is 36.0 Å². The van der Waals surface area contributed by atoms with Crippen LogP contribution in [0, 0.1) is 13.8 Å². The molecule has 0 fully saturated rings. The van der Waals surface area contributed by atoms with Crippen LogP contribution in [-0.4, -0.2) is 46.6 Å². The van der Waals surface area contributed by atoms with Crippen molar-refractivity contribution >= 4 is 40.0 Å². The number of hydrogen-bond acceptors (Lipinski definition) is 9. The van der Waals surface area contributed by atoms with E-state index in [1.165, 1.54) is 30.2 Å². The SMILES string of the molecule is COC(=O)c1c(-c2ccc(OC)cc2)csc1NC(=O)CSc1nnc(COc2cccc(C)c2C)n1C. The maximum absolute atomic E-state index is 12.8. The maximum Gasteiger partial charge on any atom is 0.341 e. The van der Waals surface area contributed by atoms with E-state index in [1.54, 1.807) is 11.7 Å². The van der Waals surface area contributed by atoms with E-state index >= 15 is 0 Å². The summed E-state index contributed by atoms with van der Waals surface area (Å²) in [6.45, 7) is 4.31. The molecule has 1 amide bonds. The molecule has 0 aliphatic rings. The highest BCUT2D eigenvalue weighted by Gasteiger charge is 2.23. The normalized spacial score (nSPS) is 10.8. The number of ether oxygens (including phenoxy) is 3. The minimum Gasteiger partial charge on any atom is -0.497 e. The van der Waals surface area contributed by atoms with Gasteiger partial charge in [0, 0.05) is 18.0 Å². The number of rotatable bonds is 10. The second-order valence-electron chi connectivity index (χ2n) is 8.35. The number of thiophene rings is 1. The molecule has 2 aromatic carbocycles. The fraction of sp³-hybridized carbons (Fsp3) is 0.259. The number of esters is 1. The Labute approximate surface area is 229 Å². The Bertz CT molecular complexity index is 1450. The number of thioether (sulfide) groups is 1. The quantitative estimate of drug-likeness (QED) is 0.210. The van der Waals surface area contributed by atoms with Gasteiger partial charge < -0.3 is 24.1 Å². The van der Waals surface area contributed by atoms with Gasteiger partial charge in [-0.25, -0.2) is 4.79 Å². The number of anilines is 1. The number of aryl methyl sites for hydroxylation is 1. The van der Waals surface area contributed by atoms with Gasteiger partial charge >= 0.3 is 5.97 Å². The zero-order chi connectivity index (χ0) is 27.2. The lowest BCUT2D eigenvalue weighted by Gasteiger charge is -2.10. The van der Waals surface area contributed by atoms with E-state index in [9.17, 15) is 9.59 Å². The second kappa shape index (κ2) is 12.1. The number of carbonyl (C=O) groups is 2. The van der Waals surface area contributed by atoms with Gasteiger partial charge in [0.15, 0.2) is 11.0 Å². The number of methoxy groups -OCH3 is 2. The topological polar surface area (TPSA) is 105 Å². The zero-order valence-corrected chi connectivity index (χ0v) is 23.4. The molecule has 0 saturated heterocycles. The van der Waals surface area contributed by atoms with Gasteiger partial charge in [0.25, 0.3) is 0 Å². The fourth-order valence-electron chi connectivity index (χ4n) is 3.65. The van der Waals surface area contributed by atoms with E-state index in [2.05, 4.69) is 15.5 Å². The van der Waals surface area contributed by atoms with Crippen molar-refractivity contribution in [1.29, 1.82) is 0 Å². The molecule has 0 atom stereocenters. The summed E-state index contributed by atoms with van der Waals surface area (Å²) < 4.78 is 17.9. The molecule has 198 valence electrons. The lowest BCUT2D eigenvalue weighted by molar-refractivity contribution is -0.113. The highest BCUT2D eigenvalue weighted by molar-refractivity contribution is 7.99. The summed E-state index contributed by atoms with van der Waals surface area (Å²) >= 11 is 2.51. The van der Waals surface area contributed by atoms with Crippen LogP contribution >= 0.6 is 23.1 Å². The van der Waals surface area contributed by atoms with Crippen LogP contribution in [0.1, 0.15) is 27.3 Å². The van der Waals surface area contributed by atoms with Crippen LogP contribution in [0.4, 0.5) is 5.00 Å². The van der Waals surface area contributed by atoms with E-state index in [4.69, 9.17) is 14.2 Å². The predicted molar refractivity (Wildman–Crippen MR) is 148 cm³/mol. The first kappa shape index (κ1) is 27.2. The van der Waals surface area contributed by atoms with E-state index < -0.39 is 5.97 Å². The third-order valence-corrected chi connectivity index (χ3v) is 7.92. The second-order valence-corrected chi connectivity index (χ2v) is 10.2. The van der Waals surface area contributed by atoms with Crippen molar-refractivity contribution in [2.24, 2.45) is 7.05 Å². The van der Waals surface area contributed by atoms with Crippen LogP contribution in [0.15, 0.2) is 53.0 Å². The molecule has 0 spiro atoms. The van der Waals surface area contributed by atoms with E-state index in [0.717, 1.165) is 22.4 Å². The van der Waals surface area contributed by atoms with Crippen LogP contribution in [0.2, 0.25) is 0 Å². The number of benzene rings is 2. The number of nitrogens with one attached hydrogen (secondary N) is 1. The molecule has 0 bridgehead atoms. The molecule has 2 aromatic heterocycles. The average molecular weight is 553 g/mol. The number of amides is 1. The smallest absolute Gasteiger partial charge is 0.341 e. The van der Waals surface area contributed by atoms with E-state index in [0.29, 0.717) is 32.9 Å². The molecule has 0 saturated carbocycles.